The minimum Gasteiger partial charge on any atom is -0.322 e. The van der Waals surface area contributed by atoms with Gasteiger partial charge in [0.1, 0.15) is 0 Å². The number of carbonyl (C=O) groups excluding carboxylic acids is 1. The molecule has 0 saturated carbocycles. The molecule has 3 aromatic carbocycles. The zero-order valence-corrected chi connectivity index (χ0v) is 15.7. The van der Waals surface area contributed by atoms with Gasteiger partial charge in [0, 0.05) is 27.6 Å². The summed E-state index contributed by atoms with van der Waals surface area (Å²) >= 11 is 0. The highest BCUT2D eigenvalue weighted by molar-refractivity contribution is 6.04. The van der Waals surface area contributed by atoms with Crippen LogP contribution in [0.25, 0.3) is 27.8 Å². The number of carbonyl (C=O) groups is 1. The molecule has 0 spiro atoms. The van der Waals surface area contributed by atoms with E-state index in [1.54, 1.807) is 16.6 Å². The lowest BCUT2D eigenvalue weighted by Gasteiger charge is -2.08. The fraction of sp³-hybridized carbons (Fsp3) is 0.0435. The molecule has 0 fully saturated rings. The lowest BCUT2D eigenvalue weighted by molar-refractivity contribution is 0.102. The predicted octanol–water partition coefficient (Wildman–Crippen LogP) is 4.51. The van der Waals surface area contributed by atoms with Gasteiger partial charge in [0.05, 0.1) is 5.69 Å². The van der Waals surface area contributed by atoms with E-state index in [1.165, 1.54) is 0 Å². The first kappa shape index (κ1) is 17.1. The summed E-state index contributed by atoms with van der Waals surface area (Å²) in [5, 5.41) is 18.4. The molecular weight excluding hydrogens is 362 g/mol. The molecule has 0 aliphatic rings. The van der Waals surface area contributed by atoms with Crippen molar-refractivity contribution in [1.29, 1.82) is 0 Å². The number of anilines is 1. The SMILES string of the molecule is Cc1nn2c(-c3cccc(NC(=O)c4ccccc4)c3)nnc2c2ccccc12. The van der Waals surface area contributed by atoms with E-state index < -0.39 is 0 Å². The highest BCUT2D eigenvalue weighted by Gasteiger charge is 2.14. The topological polar surface area (TPSA) is 72.2 Å². The minimum absolute atomic E-state index is 0.159. The number of nitrogens with zero attached hydrogens (tertiary/aromatic N) is 4. The second kappa shape index (κ2) is 6.83. The van der Waals surface area contributed by atoms with Crippen molar-refractivity contribution >= 4 is 28.0 Å². The molecule has 6 heteroatoms. The average molecular weight is 379 g/mol. The van der Waals surface area contributed by atoms with Crippen molar-refractivity contribution in [2.75, 3.05) is 5.32 Å². The Morgan fingerprint density at radius 1 is 0.862 bits per heavy atom. The number of rotatable bonds is 3. The van der Waals surface area contributed by atoms with Crippen LogP contribution in [0.2, 0.25) is 0 Å². The van der Waals surface area contributed by atoms with Gasteiger partial charge in [-0.3, -0.25) is 4.79 Å². The van der Waals surface area contributed by atoms with E-state index in [0.29, 0.717) is 22.7 Å². The number of hydrogen-bond acceptors (Lipinski definition) is 4. The molecule has 6 nitrogen and oxygen atoms in total. The second-order valence-corrected chi connectivity index (χ2v) is 6.79. The van der Waals surface area contributed by atoms with Crippen LogP contribution in [0.15, 0.2) is 78.9 Å². The Bertz CT molecular complexity index is 1360. The number of amides is 1. The number of hydrogen-bond donors (Lipinski definition) is 1. The van der Waals surface area contributed by atoms with Crippen LogP contribution < -0.4 is 5.32 Å². The van der Waals surface area contributed by atoms with E-state index in [2.05, 4.69) is 20.6 Å². The first-order chi connectivity index (χ1) is 14.2. The summed E-state index contributed by atoms with van der Waals surface area (Å²) in [5.74, 6) is 0.471. The van der Waals surface area contributed by atoms with Crippen LogP contribution >= 0.6 is 0 Å². The van der Waals surface area contributed by atoms with Crippen LogP contribution in [-0.4, -0.2) is 25.7 Å². The Balaban J connectivity index is 1.56. The molecule has 29 heavy (non-hydrogen) atoms. The highest BCUT2D eigenvalue weighted by Crippen LogP contribution is 2.26. The van der Waals surface area contributed by atoms with Crippen molar-refractivity contribution in [3.63, 3.8) is 0 Å². The first-order valence-corrected chi connectivity index (χ1v) is 9.28. The highest BCUT2D eigenvalue weighted by atomic mass is 16.1. The zero-order chi connectivity index (χ0) is 19.8. The number of benzene rings is 3. The Morgan fingerprint density at radius 3 is 2.45 bits per heavy atom. The van der Waals surface area contributed by atoms with Crippen molar-refractivity contribution in [2.24, 2.45) is 0 Å². The third kappa shape index (κ3) is 3.00. The molecular formula is C23H17N5O. The van der Waals surface area contributed by atoms with E-state index in [0.717, 1.165) is 22.0 Å². The Hall–Kier alpha value is -4.06. The predicted molar refractivity (Wildman–Crippen MR) is 113 cm³/mol. The molecule has 0 unspecified atom stereocenters. The van der Waals surface area contributed by atoms with Crippen molar-refractivity contribution in [3.05, 3.63) is 90.1 Å². The third-order valence-electron chi connectivity index (χ3n) is 4.86. The summed E-state index contributed by atoms with van der Waals surface area (Å²) in [6.45, 7) is 1.97. The fourth-order valence-corrected chi connectivity index (χ4v) is 3.45. The summed E-state index contributed by atoms with van der Waals surface area (Å²) < 4.78 is 1.76. The Morgan fingerprint density at radius 2 is 1.62 bits per heavy atom. The van der Waals surface area contributed by atoms with Crippen LogP contribution in [0.1, 0.15) is 16.1 Å². The molecule has 0 aliphatic heterocycles. The zero-order valence-electron chi connectivity index (χ0n) is 15.7. The van der Waals surface area contributed by atoms with Gasteiger partial charge in [0.15, 0.2) is 11.5 Å². The standard InChI is InChI=1S/C23H17N5O/c1-15-19-12-5-6-13-20(19)22-26-25-21(28(22)27-15)17-10-7-11-18(14-17)24-23(29)16-8-3-2-4-9-16/h2-14H,1H3,(H,24,29). The number of fused-ring (bicyclic) bond motifs is 3. The third-order valence-corrected chi connectivity index (χ3v) is 4.86. The largest absolute Gasteiger partial charge is 0.322 e. The van der Waals surface area contributed by atoms with E-state index in [9.17, 15) is 4.79 Å². The molecule has 0 radical (unpaired) electrons. The minimum atomic E-state index is -0.159. The van der Waals surface area contributed by atoms with E-state index in [-0.39, 0.29) is 5.91 Å². The molecule has 5 aromatic rings. The normalized spacial score (nSPS) is 11.1. The molecule has 1 N–H and O–H groups in total. The van der Waals surface area contributed by atoms with Crippen LogP contribution in [0, 0.1) is 6.92 Å². The van der Waals surface area contributed by atoms with Crippen molar-refractivity contribution in [1.82, 2.24) is 19.8 Å². The summed E-state index contributed by atoms with van der Waals surface area (Å²) in [6.07, 6.45) is 0. The average Bonchev–Trinajstić information content (AvgIpc) is 3.19. The quantitative estimate of drug-likeness (QED) is 0.501. The van der Waals surface area contributed by atoms with Crippen LogP contribution in [0.5, 0.6) is 0 Å². The van der Waals surface area contributed by atoms with E-state index in [4.69, 9.17) is 0 Å². The Kier molecular flexibility index (Phi) is 4.02. The summed E-state index contributed by atoms with van der Waals surface area (Å²) in [5.41, 5.74) is 3.73. The van der Waals surface area contributed by atoms with Crippen LogP contribution in [-0.2, 0) is 0 Å². The maximum atomic E-state index is 12.5. The number of aryl methyl sites for hydroxylation is 1. The molecule has 1 amide bonds. The monoisotopic (exact) mass is 379 g/mol. The van der Waals surface area contributed by atoms with Crippen molar-refractivity contribution < 1.29 is 4.79 Å². The van der Waals surface area contributed by atoms with Gasteiger partial charge < -0.3 is 5.32 Å². The lowest BCUT2D eigenvalue weighted by Crippen LogP contribution is -2.11. The lowest BCUT2D eigenvalue weighted by atomic mass is 10.1. The van der Waals surface area contributed by atoms with Gasteiger partial charge in [-0.1, -0.05) is 54.6 Å². The molecule has 5 rings (SSSR count). The number of aromatic nitrogens is 4. The van der Waals surface area contributed by atoms with Gasteiger partial charge in [-0.15, -0.1) is 10.2 Å². The van der Waals surface area contributed by atoms with Gasteiger partial charge in [-0.2, -0.15) is 9.61 Å². The van der Waals surface area contributed by atoms with Crippen molar-refractivity contribution in [2.45, 2.75) is 6.92 Å². The van der Waals surface area contributed by atoms with Crippen LogP contribution in [0.3, 0.4) is 0 Å². The number of nitrogens with one attached hydrogen (secondary N) is 1. The fourth-order valence-electron chi connectivity index (χ4n) is 3.45. The molecule has 0 aliphatic carbocycles. The molecule has 2 heterocycles. The molecule has 0 bridgehead atoms. The molecule has 0 atom stereocenters. The second-order valence-electron chi connectivity index (χ2n) is 6.79. The summed E-state index contributed by atoms with van der Waals surface area (Å²) in [7, 11) is 0. The Labute approximate surface area is 166 Å². The summed E-state index contributed by atoms with van der Waals surface area (Å²) in [4.78, 5) is 12.5. The van der Waals surface area contributed by atoms with Gasteiger partial charge in [0.25, 0.3) is 5.91 Å². The van der Waals surface area contributed by atoms with E-state index >= 15 is 0 Å². The smallest absolute Gasteiger partial charge is 0.255 e. The van der Waals surface area contributed by atoms with Crippen LogP contribution in [0.4, 0.5) is 5.69 Å². The van der Waals surface area contributed by atoms with E-state index in [1.807, 2.05) is 73.7 Å². The molecule has 2 aromatic heterocycles. The van der Waals surface area contributed by atoms with Gasteiger partial charge in [-0.05, 0) is 31.2 Å². The van der Waals surface area contributed by atoms with Crippen molar-refractivity contribution in [3.8, 4) is 11.4 Å². The summed E-state index contributed by atoms with van der Waals surface area (Å²) in [6, 6.07) is 24.7. The molecule has 140 valence electrons. The first-order valence-electron chi connectivity index (χ1n) is 9.28. The van der Waals surface area contributed by atoms with Gasteiger partial charge in [-0.25, -0.2) is 0 Å². The maximum absolute atomic E-state index is 12.5. The maximum Gasteiger partial charge on any atom is 0.255 e. The van der Waals surface area contributed by atoms with Gasteiger partial charge >= 0.3 is 0 Å². The van der Waals surface area contributed by atoms with Gasteiger partial charge in [0.2, 0.25) is 0 Å². The molecule has 0 saturated heterocycles.